The Morgan fingerprint density at radius 1 is 0.258 bits per heavy atom. The number of aromatic nitrogens is 9. The highest BCUT2D eigenvalue weighted by atomic mass is 16.8. The van der Waals surface area contributed by atoms with Crippen molar-refractivity contribution in [3.63, 3.8) is 0 Å². The molecule has 0 bridgehead atoms. The highest BCUT2D eigenvalue weighted by Gasteiger charge is 2.60. The maximum atomic E-state index is 13.8. The number of esters is 17. The Bertz CT molecular complexity index is 4440. The van der Waals surface area contributed by atoms with E-state index in [2.05, 4.69) is 30.9 Å². The van der Waals surface area contributed by atoms with Crippen LogP contribution >= 0.6 is 0 Å². The first-order valence-electron chi connectivity index (χ1n) is 39.7. The fourth-order valence-electron chi connectivity index (χ4n) is 14.1. The van der Waals surface area contributed by atoms with Crippen molar-refractivity contribution in [2.45, 2.75) is 304 Å². The number of rotatable bonds is 39. The van der Waals surface area contributed by atoms with Gasteiger partial charge in [0.2, 0.25) is 0 Å². The highest BCUT2D eigenvalue weighted by Crippen LogP contribution is 2.40. The number of carbonyl (C=O) groups is 17. The molecule has 8 heterocycles. The molecule has 5 aliphatic heterocycles. The van der Waals surface area contributed by atoms with Crippen LogP contribution in [-0.2, 0) is 237 Å². The van der Waals surface area contributed by atoms with Crippen molar-refractivity contribution in [3.05, 3.63) is 35.7 Å². The third kappa shape index (κ3) is 30.1. The van der Waals surface area contributed by atoms with Crippen LogP contribution in [0.1, 0.15) is 141 Å². The van der Waals surface area contributed by atoms with E-state index >= 15 is 0 Å². The van der Waals surface area contributed by atoms with Gasteiger partial charge in [-0.25, -0.2) is 14.0 Å². The summed E-state index contributed by atoms with van der Waals surface area (Å²) in [6, 6.07) is 0. The monoisotopic (exact) mass is 1830 g/mol. The number of hydrogen-bond acceptors (Lipinski definition) is 49. The lowest BCUT2D eigenvalue weighted by atomic mass is 9.95. The lowest BCUT2D eigenvalue weighted by Gasteiger charge is -2.49. The average Bonchev–Trinajstić information content (AvgIpc) is 1.20. The molecule has 3 aromatic rings. The summed E-state index contributed by atoms with van der Waals surface area (Å²) in [5.74, 6) is -15.8. The van der Waals surface area contributed by atoms with E-state index in [0.29, 0.717) is 0 Å². The van der Waals surface area contributed by atoms with Crippen LogP contribution in [0.5, 0.6) is 0 Å². The van der Waals surface area contributed by atoms with Crippen molar-refractivity contribution >= 4 is 101 Å². The summed E-state index contributed by atoms with van der Waals surface area (Å²) in [6.45, 7) is 13.4. The molecule has 5 saturated heterocycles. The molecule has 0 spiro atoms. The molecule has 0 saturated carbocycles. The molecule has 52 heteroatoms. The quantitative estimate of drug-likeness (QED) is 0.0419. The Kier molecular flexibility index (Phi) is 37.4. The van der Waals surface area contributed by atoms with Crippen molar-refractivity contribution in [2.24, 2.45) is 0 Å². The first kappa shape index (κ1) is 101. The van der Waals surface area contributed by atoms with Crippen LogP contribution in [0.4, 0.5) is 0 Å². The van der Waals surface area contributed by atoms with E-state index < -0.39 is 294 Å². The van der Waals surface area contributed by atoms with Gasteiger partial charge in [0.05, 0.1) is 56.2 Å². The van der Waals surface area contributed by atoms with Gasteiger partial charge < -0.3 is 123 Å². The Morgan fingerprint density at radius 3 is 0.789 bits per heavy atom. The van der Waals surface area contributed by atoms with E-state index in [1.807, 2.05) is 0 Å². The van der Waals surface area contributed by atoms with Gasteiger partial charge in [-0.15, -0.1) is 15.3 Å². The molecular formula is C76H101N9O43. The predicted molar refractivity (Wildman–Crippen MR) is 400 cm³/mol. The van der Waals surface area contributed by atoms with Crippen LogP contribution in [0.25, 0.3) is 0 Å². The topological polar surface area (TPSA) is 622 Å². The Hall–Kier alpha value is -11.9. The molecule has 25 atom stereocenters. The van der Waals surface area contributed by atoms with Crippen molar-refractivity contribution in [1.82, 2.24) is 45.0 Å². The molecule has 0 radical (unpaired) electrons. The molecule has 0 N–H and O–H groups in total. The summed E-state index contributed by atoms with van der Waals surface area (Å²) in [7, 11) is 0. The summed E-state index contributed by atoms with van der Waals surface area (Å²) in [5, 5.41) is 25.7. The van der Waals surface area contributed by atoms with Crippen LogP contribution in [0.3, 0.4) is 0 Å². The van der Waals surface area contributed by atoms with Gasteiger partial charge in [-0.3, -0.25) is 81.5 Å². The van der Waals surface area contributed by atoms with E-state index in [0.717, 1.165) is 122 Å². The normalized spacial score (nSPS) is 29.0. The van der Waals surface area contributed by atoms with Gasteiger partial charge in [0.1, 0.15) is 56.4 Å². The molecule has 5 aliphatic rings. The summed E-state index contributed by atoms with van der Waals surface area (Å²) < 4.78 is 155. The van der Waals surface area contributed by atoms with Gasteiger partial charge in [-0.05, 0) is 0 Å². The standard InChI is InChI=1S/C76H101N9O43/c1-32(86)106-29-54-59(110-36(5)90)64(115-41(10)95)68(119-45(14)99)73(125-54)103-21-18-49-24-83(80-77-49)27-52-58(62(113-39(8)93)67(118-44(13)98)72(123-52)85-26-51(79-82-85)20-23-105-75-70(121-47(16)101)66(117-43(12)97)61(112-38(7)92)56(127-75)31-108-34(3)88)128-76-71(122-48(17)102)63(114-40(9)94)57(109-35(4)89)53(124-76)28-84-25-50(78-81-84)19-22-104-74-69(120-46(15)100)65(116-42(11)96)60(111-37(6)91)55(126-74)30-107-33(2)87/h24-26,52-76H,18-23,27-31H2,1-17H3/t52-,53-,54-,55-,56-,57-,58-,59-,60-,61-,62+,63+,64+,65+,66+,67-,68+,69+,70+,71-,72+,73+,74+,75+,76-/m1/s1. The zero-order chi connectivity index (χ0) is 94.2. The van der Waals surface area contributed by atoms with Gasteiger partial charge >= 0.3 is 101 Å². The predicted octanol–water partition coefficient (Wildman–Crippen LogP) is -2.55. The molecule has 3 aromatic heterocycles. The number of nitrogens with zero attached hydrogens (tertiary/aromatic N) is 9. The molecule has 8 rings (SSSR count). The third-order valence-corrected chi connectivity index (χ3v) is 18.5. The average molecular weight is 1830 g/mol. The van der Waals surface area contributed by atoms with Crippen molar-refractivity contribution in [3.8, 4) is 0 Å². The Labute approximate surface area is 727 Å². The molecule has 0 aliphatic carbocycles. The van der Waals surface area contributed by atoms with Crippen LogP contribution in [0.2, 0.25) is 0 Å². The summed E-state index contributed by atoms with van der Waals surface area (Å²) in [6.07, 6.45) is -38.5. The maximum absolute atomic E-state index is 13.8. The lowest BCUT2D eigenvalue weighted by molar-refractivity contribution is -0.348. The summed E-state index contributed by atoms with van der Waals surface area (Å²) in [5.41, 5.74) is 0.298. The van der Waals surface area contributed by atoms with Gasteiger partial charge in [-0.2, -0.15) is 0 Å². The van der Waals surface area contributed by atoms with Crippen molar-refractivity contribution < 1.29 is 205 Å². The van der Waals surface area contributed by atoms with Crippen LogP contribution in [-0.4, -0.2) is 333 Å². The second-order valence-corrected chi connectivity index (χ2v) is 29.2. The molecule has 708 valence electrons. The van der Waals surface area contributed by atoms with Gasteiger partial charge in [0, 0.05) is 149 Å². The largest absolute Gasteiger partial charge is 0.463 e. The maximum Gasteiger partial charge on any atom is 0.303 e. The molecule has 5 fully saturated rings. The second-order valence-electron chi connectivity index (χ2n) is 29.2. The molecule has 0 unspecified atom stereocenters. The number of ether oxygens (including phenoxy) is 26. The number of hydrogen-bond donors (Lipinski definition) is 0. The van der Waals surface area contributed by atoms with E-state index in [1.165, 1.54) is 28.0 Å². The first-order chi connectivity index (χ1) is 60.4. The van der Waals surface area contributed by atoms with Gasteiger partial charge in [-0.1, -0.05) is 15.6 Å². The molecule has 0 aromatic carbocycles. The van der Waals surface area contributed by atoms with Crippen molar-refractivity contribution in [2.75, 3.05) is 39.6 Å². The minimum Gasteiger partial charge on any atom is -0.463 e. The minimum absolute atomic E-state index is 0.0486. The lowest BCUT2D eigenvalue weighted by Crippen LogP contribution is -2.66. The van der Waals surface area contributed by atoms with E-state index in [1.54, 1.807) is 0 Å². The van der Waals surface area contributed by atoms with E-state index in [4.69, 9.17) is 123 Å². The summed E-state index contributed by atoms with van der Waals surface area (Å²) in [4.78, 5) is 217. The fraction of sp³-hybridized carbons (Fsp3) is 0.697. The molecule has 52 nitrogen and oxygen atoms in total. The fourth-order valence-corrected chi connectivity index (χ4v) is 14.1. The Balaban J connectivity index is 1.17. The third-order valence-electron chi connectivity index (χ3n) is 18.5. The number of carbonyl (C=O) groups excluding carboxylic acids is 17. The minimum atomic E-state index is -2.11. The van der Waals surface area contributed by atoms with Crippen LogP contribution in [0, 0.1) is 0 Å². The van der Waals surface area contributed by atoms with Gasteiger partial charge in [0.15, 0.2) is 117 Å². The Morgan fingerprint density at radius 2 is 0.492 bits per heavy atom. The van der Waals surface area contributed by atoms with E-state index in [-0.39, 0.29) is 49.6 Å². The smallest absolute Gasteiger partial charge is 0.303 e. The van der Waals surface area contributed by atoms with Crippen LogP contribution in [0.15, 0.2) is 18.6 Å². The van der Waals surface area contributed by atoms with Crippen LogP contribution < -0.4 is 0 Å². The molecule has 128 heavy (non-hydrogen) atoms. The van der Waals surface area contributed by atoms with Crippen molar-refractivity contribution in [1.29, 1.82) is 0 Å². The highest BCUT2D eigenvalue weighted by molar-refractivity contribution is 5.73. The second kappa shape index (κ2) is 47.2. The van der Waals surface area contributed by atoms with Gasteiger partial charge in [0.25, 0.3) is 0 Å². The van der Waals surface area contributed by atoms with E-state index in [9.17, 15) is 81.5 Å². The molecular weight excluding hydrogens is 1730 g/mol. The zero-order valence-corrected chi connectivity index (χ0v) is 72.5. The first-order valence-corrected chi connectivity index (χ1v) is 39.7. The summed E-state index contributed by atoms with van der Waals surface area (Å²) >= 11 is 0. The zero-order valence-electron chi connectivity index (χ0n) is 72.5. The SMILES string of the molecule is CC(=O)OC[C@H]1O[C@H](OCCc2cn(C[C@H]3O[C@H](n4cc(CCO[C@H]5O[C@H](COC(C)=O)[C@@H](OC(C)=O)[C@H](OC(C)=O)[C@@H]5OC(C)=O)nn4)[C@H](OC(C)=O)[C@@H](OC(C)=O)[C@@H]3O[C@H]3O[C@H](Cn4cc(CCO[C@H]5O[C@H](COC(C)=O)[C@@H](OC(C)=O)[C@H](OC(C)=O)[C@@H]5OC(C)=O)nn4)[C@@H](OC(C)=O)[C@H](OC(C)=O)[C@H]3OC(C)=O)nn2)[C@@H](OC(C)=O)[C@@H](OC(C)=O)[C@@H]1OC(C)=O. The molecule has 0 amide bonds.